The molecule has 2 aliphatic rings. The number of nitrogens with zero attached hydrogens (tertiary/aromatic N) is 2. The van der Waals surface area contributed by atoms with Crippen molar-refractivity contribution in [3.8, 4) is 0 Å². The molecule has 2 aliphatic heterocycles. The van der Waals surface area contributed by atoms with Crippen molar-refractivity contribution in [2.75, 3.05) is 72.9 Å². The lowest BCUT2D eigenvalue weighted by Crippen LogP contribution is -2.46. The van der Waals surface area contributed by atoms with Crippen LogP contribution < -0.4 is 10.6 Å². The minimum Gasteiger partial charge on any atom is -0.381 e. The van der Waals surface area contributed by atoms with Gasteiger partial charge < -0.3 is 24.8 Å². The average molecular weight is 538 g/mol. The summed E-state index contributed by atoms with van der Waals surface area (Å²) in [6.07, 6.45) is 2.09. The lowest BCUT2D eigenvalue weighted by atomic mass is 10.1. The number of ether oxygens (including phenoxy) is 3. The molecule has 2 N–H and O–H groups in total. The molecule has 7 nitrogen and oxygen atoms in total. The van der Waals surface area contributed by atoms with E-state index in [2.05, 4.69) is 38.0 Å². The number of aliphatic imine (C=N–C) groups is 1. The number of morpholine rings is 1. The lowest BCUT2D eigenvalue weighted by Gasteiger charge is -2.34. The number of nitrogens with one attached hydrogen (secondary N) is 2. The van der Waals surface area contributed by atoms with Gasteiger partial charge in [-0.05, 0) is 24.3 Å². The molecule has 29 heavy (non-hydrogen) atoms. The van der Waals surface area contributed by atoms with E-state index in [0.29, 0.717) is 12.0 Å². The van der Waals surface area contributed by atoms with Gasteiger partial charge in [0.25, 0.3) is 0 Å². The number of guanidine groups is 1. The Morgan fingerprint density at radius 3 is 2.86 bits per heavy atom. The molecule has 0 saturated carbocycles. The van der Waals surface area contributed by atoms with Gasteiger partial charge in [-0.1, -0.05) is 6.07 Å². The molecule has 3 heterocycles. The van der Waals surface area contributed by atoms with Crippen LogP contribution in [0.3, 0.4) is 0 Å². The summed E-state index contributed by atoms with van der Waals surface area (Å²) in [6, 6.07) is 4.69. The fraction of sp³-hybridized carbons (Fsp3) is 0.750. The van der Waals surface area contributed by atoms with Crippen molar-refractivity contribution in [1.82, 2.24) is 15.5 Å². The SMILES string of the molecule is CN=C(NCCCOCC1CCOC1)NCC(c1cccs1)N1CCOCC1.I. The van der Waals surface area contributed by atoms with Gasteiger partial charge in [0.2, 0.25) is 0 Å². The van der Waals surface area contributed by atoms with E-state index >= 15 is 0 Å². The Labute approximate surface area is 195 Å². The molecule has 0 aromatic carbocycles. The van der Waals surface area contributed by atoms with Gasteiger partial charge in [0.05, 0.1) is 32.5 Å². The maximum Gasteiger partial charge on any atom is 0.191 e. The van der Waals surface area contributed by atoms with Crippen LogP contribution >= 0.6 is 35.3 Å². The summed E-state index contributed by atoms with van der Waals surface area (Å²) < 4.78 is 16.7. The Kier molecular flexibility index (Phi) is 12.4. The highest BCUT2D eigenvalue weighted by molar-refractivity contribution is 14.0. The van der Waals surface area contributed by atoms with Crippen LogP contribution in [0.25, 0.3) is 0 Å². The molecule has 0 radical (unpaired) electrons. The molecule has 2 fully saturated rings. The predicted octanol–water partition coefficient (Wildman–Crippen LogP) is 2.35. The first-order valence-corrected chi connectivity index (χ1v) is 11.2. The highest BCUT2D eigenvalue weighted by Crippen LogP contribution is 2.25. The van der Waals surface area contributed by atoms with Crippen molar-refractivity contribution >= 4 is 41.3 Å². The lowest BCUT2D eigenvalue weighted by molar-refractivity contribution is 0.0177. The standard InChI is InChI=1S/C20H34N4O3S.HI/c1-21-20(22-6-3-9-26-15-17-5-10-27-16-17)23-14-18(19-4-2-13-28-19)24-7-11-25-12-8-24;/h2,4,13,17-18H,3,5-12,14-16H2,1H3,(H2,21,22,23);1H. The third-order valence-corrected chi connectivity index (χ3v) is 6.15. The summed E-state index contributed by atoms with van der Waals surface area (Å²) in [4.78, 5) is 8.24. The van der Waals surface area contributed by atoms with Crippen LogP contribution in [0.15, 0.2) is 22.5 Å². The molecule has 3 rings (SSSR count). The maximum absolute atomic E-state index is 5.76. The van der Waals surface area contributed by atoms with Crippen molar-refractivity contribution in [2.24, 2.45) is 10.9 Å². The van der Waals surface area contributed by atoms with Gasteiger partial charge in [-0.15, -0.1) is 35.3 Å². The number of halogens is 1. The zero-order valence-corrected chi connectivity index (χ0v) is 20.5. The topological polar surface area (TPSA) is 67.4 Å². The van der Waals surface area contributed by atoms with Crippen LogP contribution in [0.4, 0.5) is 0 Å². The summed E-state index contributed by atoms with van der Waals surface area (Å²) in [7, 11) is 1.82. The maximum atomic E-state index is 5.76. The van der Waals surface area contributed by atoms with E-state index in [9.17, 15) is 0 Å². The molecule has 9 heteroatoms. The molecule has 0 aliphatic carbocycles. The molecule has 1 aromatic rings. The van der Waals surface area contributed by atoms with Crippen molar-refractivity contribution in [3.63, 3.8) is 0 Å². The van der Waals surface area contributed by atoms with E-state index in [4.69, 9.17) is 14.2 Å². The van der Waals surface area contributed by atoms with Crippen molar-refractivity contribution in [2.45, 2.75) is 18.9 Å². The van der Waals surface area contributed by atoms with E-state index in [1.807, 2.05) is 18.4 Å². The van der Waals surface area contributed by atoms with E-state index in [-0.39, 0.29) is 24.0 Å². The summed E-state index contributed by atoms with van der Waals surface area (Å²) in [5.74, 6) is 1.43. The Bertz CT molecular complexity index is 564. The second-order valence-electron chi connectivity index (χ2n) is 7.22. The zero-order chi connectivity index (χ0) is 19.4. The fourth-order valence-corrected chi connectivity index (χ4v) is 4.40. The van der Waals surface area contributed by atoms with Crippen LogP contribution in [-0.2, 0) is 14.2 Å². The number of thiophene rings is 1. The summed E-state index contributed by atoms with van der Waals surface area (Å²) >= 11 is 1.81. The summed E-state index contributed by atoms with van der Waals surface area (Å²) in [5, 5.41) is 9.04. The molecule has 2 atom stereocenters. The Balaban J connectivity index is 0.00000300. The quantitative estimate of drug-likeness (QED) is 0.207. The van der Waals surface area contributed by atoms with E-state index < -0.39 is 0 Å². The first-order valence-electron chi connectivity index (χ1n) is 10.3. The summed E-state index contributed by atoms with van der Waals surface area (Å²) in [5.41, 5.74) is 0. The molecule has 0 spiro atoms. The molecular weight excluding hydrogens is 503 g/mol. The second kappa shape index (κ2) is 14.5. The van der Waals surface area contributed by atoms with E-state index in [0.717, 1.165) is 84.6 Å². The van der Waals surface area contributed by atoms with Gasteiger partial charge in [0, 0.05) is 57.2 Å². The first kappa shape index (κ1) is 24.8. The fourth-order valence-electron chi connectivity index (χ4n) is 3.54. The molecule has 2 unspecified atom stereocenters. The predicted molar refractivity (Wildman–Crippen MR) is 129 cm³/mol. The van der Waals surface area contributed by atoms with Gasteiger partial charge in [0.15, 0.2) is 5.96 Å². The van der Waals surface area contributed by atoms with Crippen molar-refractivity contribution in [3.05, 3.63) is 22.4 Å². The van der Waals surface area contributed by atoms with Crippen LogP contribution in [0.1, 0.15) is 23.8 Å². The highest BCUT2D eigenvalue weighted by atomic mass is 127. The normalized spacial score (nSPS) is 21.6. The molecule has 1 aromatic heterocycles. The highest BCUT2D eigenvalue weighted by Gasteiger charge is 2.23. The second-order valence-corrected chi connectivity index (χ2v) is 8.20. The third-order valence-electron chi connectivity index (χ3n) is 5.18. The Morgan fingerprint density at radius 2 is 2.17 bits per heavy atom. The van der Waals surface area contributed by atoms with Crippen LogP contribution in [-0.4, -0.2) is 83.7 Å². The molecule has 166 valence electrons. The smallest absolute Gasteiger partial charge is 0.191 e. The van der Waals surface area contributed by atoms with Gasteiger partial charge in [0.1, 0.15) is 0 Å². The Hall–Kier alpha value is -0.460. The van der Waals surface area contributed by atoms with E-state index in [1.54, 1.807) is 0 Å². The number of hydrogen-bond donors (Lipinski definition) is 2. The minimum absolute atomic E-state index is 0. The number of rotatable bonds is 10. The Morgan fingerprint density at radius 1 is 1.31 bits per heavy atom. The van der Waals surface area contributed by atoms with Gasteiger partial charge in [-0.2, -0.15) is 0 Å². The van der Waals surface area contributed by atoms with Gasteiger partial charge in [-0.25, -0.2) is 0 Å². The molecule has 0 bridgehead atoms. The van der Waals surface area contributed by atoms with Gasteiger partial charge >= 0.3 is 0 Å². The summed E-state index contributed by atoms with van der Waals surface area (Å²) in [6.45, 7) is 8.56. The average Bonchev–Trinajstić information content (AvgIpc) is 3.44. The monoisotopic (exact) mass is 538 g/mol. The zero-order valence-electron chi connectivity index (χ0n) is 17.3. The van der Waals surface area contributed by atoms with E-state index in [1.165, 1.54) is 4.88 Å². The third kappa shape index (κ3) is 8.66. The first-order chi connectivity index (χ1) is 13.9. The van der Waals surface area contributed by atoms with Crippen LogP contribution in [0.2, 0.25) is 0 Å². The van der Waals surface area contributed by atoms with Gasteiger partial charge in [-0.3, -0.25) is 9.89 Å². The molecule has 0 amide bonds. The number of hydrogen-bond acceptors (Lipinski definition) is 6. The molecule has 2 saturated heterocycles. The van der Waals surface area contributed by atoms with Crippen LogP contribution in [0, 0.1) is 5.92 Å². The minimum atomic E-state index is 0. The van der Waals surface area contributed by atoms with Crippen LogP contribution in [0.5, 0.6) is 0 Å². The largest absolute Gasteiger partial charge is 0.381 e. The van der Waals surface area contributed by atoms with Crippen molar-refractivity contribution < 1.29 is 14.2 Å². The van der Waals surface area contributed by atoms with Crippen molar-refractivity contribution in [1.29, 1.82) is 0 Å². The molecular formula is C20H35IN4O3S.